The minimum atomic E-state index is -0.787. The molecule has 4 bridgehead atoms. The number of rotatable bonds is 4. The molecule has 6 amide bonds. The van der Waals surface area contributed by atoms with Gasteiger partial charge in [0.25, 0.3) is 11.8 Å². The average Bonchev–Trinajstić information content (AvgIpc) is 3.44. The van der Waals surface area contributed by atoms with Gasteiger partial charge in [-0.05, 0) is 49.0 Å². The van der Waals surface area contributed by atoms with E-state index in [1.54, 1.807) is 12.2 Å². The lowest BCUT2D eigenvalue weighted by Gasteiger charge is -2.22. The number of carbonyl (C=O) groups excluding carboxylic acids is 6. The van der Waals surface area contributed by atoms with Crippen molar-refractivity contribution in [3.63, 3.8) is 0 Å². The topological polar surface area (TPSA) is 134 Å². The van der Waals surface area contributed by atoms with Gasteiger partial charge in [0.1, 0.15) is 25.3 Å². The average molecular weight is 659 g/mol. The van der Waals surface area contributed by atoms with Crippen molar-refractivity contribution in [3.8, 4) is 0 Å². The summed E-state index contributed by atoms with van der Waals surface area (Å²) in [5.41, 5.74) is 1.75. The second kappa shape index (κ2) is 16.7. The molecule has 12 nitrogen and oxygen atoms in total. The summed E-state index contributed by atoms with van der Waals surface area (Å²) in [4.78, 5) is 84.4. The predicted molar refractivity (Wildman–Crippen MR) is 174 cm³/mol. The minimum Gasteiger partial charge on any atom is -0.461 e. The number of esters is 2. The molecule has 0 aromatic heterocycles. The third-order valence-electron chi connectivity index (χ3n) is 8.80. The Kier molecular flexibility index (Phi) is 12.0. The fourth-order valence-corrected chi connectivity index (χ4v) is 6.24. The molecular formula is C36H42N4O8. The van der Waals surface area contributed by atoms with E-state index in [2.05, 4.69) is 0 Å². The Morgan fingerprint density at radius 1 is 0.542 bits per heavy atom. The van der Waals surface area contributed by atoms with Crippen LogP contribution in [0.5, 0.6) is 0 Å². The molecule has 2 atom stereocenters. The molecule has 0 aliphatic carbocycles. The molecular weight excluding hydrogens is 616 g/mol. The highest BCUT2D eigenvalue weighted by atomic mass is 16.5. The van der Waals surface area contributed by atoms with Crippen LogP contribution in [0.25, 0.3) is 0 Å². The van der Waals surface area contributed by atoms with Crippen molar-refractivity contribution >= 4 is 35.8 Å². The summed E-state index contributed by atoms with van der Waals surface area (Å²) in [6, 6.07) is 16.4. The van der Waals surface area contributed by atoms with Gasteiger partial charge in [-0.25, -0.2) is 9.59 Å². The highest BCUT2D eigenvalue weighted by Gasteiger charge is 2.45. The smallest absolute Gasteiger partial charge is 0.327 e. The molecule has 254 valence electrons. The van der Waals surface area contributed by atoms with E-state index in [9.17, 15) is 28.8 Å². The first-order valence-corrected chi connectivity index (χ1v) is 16.6. The van der Waals surface area contributed by atoms with Gasteiger partial charge in [-0.1, -0.05) is 73.5 Å². The van der Waals surface area contributed by atoms with Gasteiger partial charge >= 0.3 is 24.0 Å². The first-order chi connectivity index (χ1) is 23.3. The third kappa shape index (κ3) is 8.67. The van der Waals surface area contributed by atoms with Crippen LogP contribution in [0.1, 0.15) is 62.5 Å². The quantitative estimate of drug-likeness (QED) is 0.268. The Labute approximate surface area is 280 Å². The van der Waals surface area contributed by atoms with Gasteiger partial charge in [0.05, 0.1) is 0 Å². The molecule has 48 heavy (non-hydrogen) atoms. The summed E-state index contributed by atoms with van der Waals surface area (Å²) in [6.45, 7) is 0.860. The molecule has 3 aliphatic heterocycles. The van der Waals surface area contributed by atoms with Gasteiger partial charge in [0.15, 0.2) is 0 Å². The maximum absolute atomic E-state index is 13.5. The van der Waals surface area contributed by atoms with E-state index in [4.69, 9.17) is 9.47 Å². The summed E-state index contributed by atoms with van der Waals surface area (Å²) < 4.78 is 10.5. The molecule has 5 rings (SSSR count). The highest BCUT2D eigenvalue weighted by molar-refractivity contribution is 6.05. The second-order valence-corrected chi connectivity index (χ2v) is 12.1. The molecule has 12 heteroatoms. The lowest BCUT2D eigenvalue weighted by atomic mass is 10.1. The number of cyclic esters (lactones) is 2. The minimum absolute atomic E-state index is 0.0396. The number of hydrogen-bond acceptors (Lipinski definition) is 8. The SMILES string of the molecule is O=C1CCC2C(=O)N(CCCCCCN3C(=O)C(CCC(=O)OC/C=C\CO1)N(Cc1ccccc1)C3=O)C(=O)N2Cc1ccccc1. The number of carbonyl (C=O) groups is 6. The molecule has 0 saturated carbocycles. The molecule has 2 saturated heterocycles. The van der Waals surface area contributed by atoms with Crippen molar-refractivity contribution in [3.05, 3.63) is 83.9 Å². The Balaban J connectivity index is 1.26. The molecule has 3 heterocycles. The zero-order valence-corrected chi connectivity index (χ0v) is 27.0. The Hall–Kier alpha value is -5.00. The van der Waals surface area contributed by atoms with E-state index >= 15 is 0 Å². The number of benzene rings is 2. The van der Waals surface area contributed by atoms with Gasteiger partial charge in [-0.2, -0.15) is 0 Å². The van der Waals surface area contributed by atoms with Crippen LogP contribution in [0, 0.1) is 0 Å². The Morgan fingerprint density at radius 3 is 1.33 bits per heavy atom. The Morgan fingerprint density at radius 2 is 0.938 bits per heavy atom. The van der Waals surface area contributed by atoms with E-state index in [1.165, 1.54) is 19.6 Å². The zero-order chi connectivity index (χ0) is 33.9. The Bertz CT molecular complexity index is 1390. The molecule has 0 radical (unpaired) electrons. The van der Waals surface area contributed by atoms with Crippen LogP contribution in [-0.4, -0.2) is 93.8 Å². The maximum Gasteiger partial charge on any atom is 0.327 e. The molecule has 2 aromatic rings. The molecule has 2 aromatic carbocycles. The van der Waals surface area contributed by atoms with Crippen molar-refractivity contribution in [1.82, 2.24) is 19.6 Å². The highest BCUT2D eigenvalue weighted by Crippen LogP contribution is 2.27. The van der Waals surface area contributed by atoms with Gasteiger partial charge in [-0.3, -0.25) is 29.0 Å². The fourth-order valence-electron chi connectivity index (χ4n) is 6.24. The summed E-state index contributed by atoms with van der Waals surface area (Å²) >= 11 is 0. The van der Waals surface area contributed by atoms with Gasteiger partial charge in [0.2, 0.25) is 0 Å². The van der Waals surface area contributed by atoms with Gasteiger partial charge in [0, 0.05) is 39.0 Å². The summed E-state index contributed by atoms with van der Waals surface area (Å²) in [6.07, 6.45) is 5.77. The van der Waals surface area contributed by atoms with Crippen molar-refractivity contribution in [2.75, 3.05) is 26.3 Å². The van der Waals surface area contributed by atoms with Crippen LogP contribution in [0.2, 0.25) is 0 Å². The van der Waals surface area contributed by atoms with Crippen molar-refractivity contribution in [1.29, 1.82) is 0 Å². The number of hydrogen-bond donors (Lipinski definition) is 0. The monoisotopic (exact) mass is 658 g/mol. The van der Waals surface area contributed by atoms with Crippen LogP contribution in [0.4, 0.5) is 9.59 Å². The first kappa shape index (κ1) is 34.3. The van der Waals surface area contributed by atoms with Crippen LogP contribution in [-0.2, 0) is 41.7 Å². The van der Waals surface area contributed by atoms with Gasteiger partial charge < -0.3 is 19.3 Å². The third-order valence-corrected chi connectivity index (χ3v) is 8.80. The van der Waals surface area contributed by atoms with E-state index in [-0.39, 0.29) is 89.0 Å². The standard InChI is InChI=1S/C36H42N4O8/c41-31-19-17-29-33(43)37(35(45)39(29)25-27-13-5-3-6-14-27)21-9-1-2-10-22-38-34(44)30(18-20-32(42)48-24-12-11-23-47-31)40(36(38)46)26-28-15-7-4-8-16-28/h3-8,11-16,29-30H,1-2,9-10,17-26H2/b12-11-. The fraction of sp³-hybridized carbons (Fsp3) is 0.444. The molecule has 2 unspecified atom stereocenters. The molecule has 0 N–H and O–H groups in total. The lowest BCUT2D eigenvalue weighted by molar-refractivity contribution is -0.144. The molecule has 3 aliphatic rings. The van der Waals surface area contributed by atoms with Gasteiger partial charge in [-0.15, -0.1) is 0 Å². The summed E-state index contributed by atoms with van der Waals surface area (Å²) in [5.74, 6) is -1.68. The number of fused-ring (bicyclic) bond motifs is 4. The number of urea groups is 2. The van der Waals surface area contributed by atoms with Crippen molar-refractivity contribution < 1.29 is 38.2 Å². The number of imide groups is 2. The van der Waals surface area contributed by atoms with E-state index in [1.807, 2.05) is 60.7 Å². The lowest BCUT2D eigenvalue weighted by Crippen LogP contribution is -2.35. The molecule has 2 fully saturated rings. The van der Waals surface area contributed by atoms with E-state index in [0.717, 1.165) is 11.1 Å². The summed E-state index contributed by atoms with van der Waals surface area (Å²) in [7, 11) is 0. The summed E-state index contributed by atoms with van der Waals surface area (Å²) in [5, 5.41) is 0. The first-order valence-electron chi connectivity index (χ1n) is 16.6. The maximum atomic E-state index is 13.5. The van der Waals surface area contributed by atoms with Crippen LogP contribution >= 0.6 is 0 Å². The zero-order valence-electron chi connectivity index (χ0n) is 27.0. The van der Waals surface area contributed by atoms with E-state index in [0.29, 0.717) is 25.7 Å². The largest absolute Gasteiger partial charge is 0.461 e. The normalized spacial score (nSPS) is 23.2. The van der Waals surface area contributed by atoms with Crippen molar-refractivity contribution in [2.45, 2.75) is 76.5 Å². The second-order valence-electron chi connectivity index (χ2n) is 12.1. The predicted octanol–water partition coefficient (Wildman–Crippen LogP) is 4.43. The molecule has 0 spiro atoms. The number of amides is 6. The van der Waals surface area contributed by atoms with Crippen LogP contribution in [0.15, 0.2) is 72.8 Å². The van der Waals surface area contributed by atoms with E-state index < -0.39 is 24.0 Å². The number of ether oxygens (including phenoxy) is 2. The van der Waals surface area contributed by atoms with Crippen LogP contribution < -0.4 is 0 Å². The number of nitrogens with zero attached hydrogens (tertiary/aromatic N) is 4. The van der Waals surface area contributed by atoms with Crippen molar-refractivity contribution in [2.24, 2.45) is 0 Å². The van der Waals surface area contributed by atoms with Crippen LogP contribution in [0.3, 0.4) is 0 Å².